The summed E-state index contributed by atoms with van der Waals surface area (Å²) in [4.78, 5) is 0. The van der Waals surface area contributed by atoms with Crippen LogP contribution >= 0.6 is 0 Å². The number of rotatable bonds is 4. The molecule has 0 heterocycles. The van der Waals surface area contributed by atoms with Gasteiger partial charge >= 0.3 is 0 Å². The summed E-state index contributed by atoms with van der Waals surface area (Å²) in [5, 5.41) is 7.18. The third-order valence-corrected chi connectivity index (χ3v) is 1.66. The summed E-state index contributed by atoms with van der Waals surface area (Å²) < 4.78 is 22.4. The van der Waals surface area contributed by atoms with E-state index in [1.165, 1.54) is 19.2 Å². The van der Waals surface area contributed by atoms with Gasteiger partial charge in [0.1, 0.15) is 11.6 Å². The molecule has 0 spiro atoms. The average Bonchev–Trinajstić information content (AvgIpc) is 2.21. The Hall–Kier alpha value is -1.58. The summed E-state index contributed by atoms with van der Waals surface area (Å²) in [6.07, 6.45) is 0.411. The van der Waals surface area contributed by atoms with Crippen molar-refractivity contribution in [3.8, 4) is 5.75 Å². The molecule has 0 amide bonds. The minimum absolute atomic E-state index is 0.173. The second-order valence-electron chi connectivity index (χ2n) is 2.68. The van der Waals surface area contributed by atoms with Crippen LogP contribution in [-0.4, -0.2) is 19.6 Å². The molecule has 0 saturated heterocycles. The Morgan fingerprint density at radius 1 is 1.36 bits per heavy atom. The van der Waals surface area contributed by atoms with Gasteiger partial charge in [0.25, 0.3) is 0 Å². The van der Waals surface area contributed by atoms with E-state index in [-0.39, 0.29) is 11.7 Å². The van der Waals surface area contributed by atoms with E-state index >= 15 is 0 Å². The van der Waals surface area contributed by atoms with E-state index in [0.29, 0.717) is 18.8 Å². The molecule has 0 radical (unpaired) electrons. The maximum Gasteiger partial charge on any atom is 0.183 e. The predicted octanol–water partition coefficient (Wildman–Crippen LogP) is 2.22. The quantitative estimate of drug-likeness (QED) is 0.594. The molecule has 0 aliphatic heterocycles. The van der Waals surface area contributed by atoms with Crippen LogP contribution in [0.5, 0.6) is 5.75 Å². The van der Waals surface area contributed by atoms with Crippen molar-refractivity contribution in [2.24, 2.45) is 0 Å². The molecule has 0 bridgehead atoms. The van der Waals surface area contributed by atoms with Crippen LogP contribution < -0.4 is 4.74 Å². The Bertz CT molecular complexity index is 297. The normalized spacial score (nSPS) is 9.57. The Morgan fingerprint density at radius 3 is 2.57 bits per heavy atom. The first-order chi connectivity index (χ1) is 6.72. The zero-order chi connectivity index (χ0) is 10.4. The minimum atomic E-state index is -0.290. The predicted molar refractivity (Wildman–Crippen MR) is 51.2 cm³/mol. The first kappa shape index (κ1) is 10.5. The Morgan fingerprint density at radius 2 is 2.00 bits per heavy atom. The fourth-order valence-electron chi connectivity index (χ4n) is 0.894. The molecule has 4 heteroatoms. The van der Waals surface area contributed by atoms with Crippen molar-refractivity contribution in [2.75, 3.05) is 13.7 Å². The lowest BCUT2D eigenvalue weighted by Gasteiger charge is -2.05. The van der Waals surface area contributed by atoms with Crippen molar-refractivity contribution in [3.05, 3.63) is 30.1 Å². The molecular formula is C10H12FNO2. The molecule has 0 atom stereocenters. The lowest BCUT2D eigenvalue weighted by Crippen LogP contribution is -2.06. The van der Waals surface area contributed by atoms with Gasteiger partial charge in [-0.15, -0.1) is 0 Å². The van der Waals surface area contributed by atoms with Crippen molar-refractivity contribution in [1.29, 1.82) is 5.41 Å². The molecule has 14 heavy (non-hydrogen) atoms. The molecule has 1 rings (SSSR count). The second-order valence-corrected chi connectivity index (χ2v) is 2.68. The first-order valence-electron chi connectivity index (χ1n) is 4.22. The van der Waals surface area contributed by atoms with Crippen LogP contribution in [-0.2, 0) is 4.74 Å². The van der Waals surface area contributed by atoms with Crippen molar-refractivity contribution in [3.63, 3.8) is 0 Å². The molecule has 1 N–H and O–H groups in total. The standard InChI is InChI=1S/C10H12FNO2/c1-13-10(12)6-7-14-9-4-2-8(11)3-5-9/h2-5,12H,6-7H2,1H3. The van der Waals surface area contributed by atoms with E-state index in [1.807, 2.05) is 0 Å². The molecular weight excluding hydrogens is 185 g/mol. The second kappa shape index (κ2) is 5.21. The van der Waals surface area contributed by atoms with Gasteiger partial charge in [0, 0.05) is 0 Å². The molecule has 0 aliphatic carbocycles. The molecule has 0 aromatic heterocycles. The van der Waals surface area contributed by atoms with E-state index in [9.17, 15) is 4.39 Å². The van der Waals surface area contributed by atoms with Gasteiger partial charge in [-0.1, -0.05) is 0 Å². The van der Waals surface area contributed by atoms with Gasteiger partial charge in [-0.05, 0) is 24.3 Å². The van der Waals surface area contributed by atoms with Gasteiger partial charge < -0.3 is 9.47 Å². The van der Waals surface area contributed by atoms with E-state index in [1.54, 1.807) is 12.1 Å². The molecule has 0 fully saturated rings. The topological polar surface area (TPSA) is 42.3 Å². The summed E-state index contributed by atoms with van der Waals surface area (Å²) >= 11 is 0. The Labute approximate surface area is 82.0 Å². The van der Waals surface area contributed by atoms with Gasteiger partial charge in [0.15, 0.2) is 5.90 Å². The van der Waals surface area contributed by atoms with Gasteiger partial charge in [0.2, 0.25) is 0 Å². The summed E-state index contributed by atoms with van der Waals surface area (Å²) in [6, 6.07) is 5.76. The maximum atomic E-state index is 12.5. The van der Waals surface area contributed by atoms with E-state index in [0.717, 1.165) is 0 Å². The van der Waals surface area contributed by atoms with E-state index in [4.69, 9.17) is 10.1 Å². The van der Waals surface area contributed by atoms with Gasteiger partial charge in [0.05, 0.1) is 20.1 Å². The first-order valence-corrected chi connectivity index (χ1v) is 4.22. The SMILES string of the molecule is COC(=N)CCOc1ccc(F)cc1. The number of methoxy groups -OCH3 is 1. The number of ether oxygens (including phenoxy) is 2. The molecule has 0 unspecified atom stereocenters. The van der Waals surface area contributed by atoms with E-state index in [2.05, 4.69) is 4.74 Å². The molecule has 76 valence electrons. The Kier molecular flexibility index (Phi) is 3.91. The number of halogens is 1. The van der Waals surface area contributed by atoms with Gasteiger partial charge in [-0.3, -0.25) is 5.41 Å². The monoisotopic (exact) mass is 197 g/mol. The Balaban J connectivity index is 2.31. The van der Waals surface area contributed by atoms with Crippen LogP contribution in [0.25, 0.3) is 0 Å². The summed E-state index contributed by atoms with van der Waals surface area (Å²) in [6.45, 7) is 0.359. The van der Waals surface area contributed by atoms with Crippen molar-refractivity contribution in [2.45, 2.75) is 6.42 Å². The number of hydrogen-bond acceptors (Lipinski definition) is 3. The number of nitrogens with one attached hydrogen (secondary N) is 1. The lowest BCUT2D eigenvalue weighted by atomic mass is 10.3. The highest BCUT2D eigenvalue weighted by molar-refractivity contribution is 5.72. The molecule has 0 aliphatic rings. The highest BCUT2D eigenvalue weighted by atomic mass is 19.1. The van der Waals surface area contributed by atoms with Crippen LogP contribution in [0.1, 0.15) is 6.42 Å². The fourth-order valence-corrected chi connectivity index (χ4v) is 0.894. The van der Waals surface area contributed by atoms with Gasteiger partial charge in [-0.25, -0.2) is 4.39 Å². The van der Waals surface area contributed by atoms with Crippen molar-refractivity contribution >= 4 is 5.90 Å². The molecule has 0 saturated carbocycles. The molecule has 1 aromatic carbocycles. The number of hydrogen-bond donors (Lipinski definition) is 1. The average molecular weight is 197 g/mol. The lowest BCUT2D eigenvalue weighted by molar-refractivity contribution is 0.307. The zero-order valence-corrected chi connectivity index (χ0v) is 7.92. The van der Waals surface area contributed by atoms with Crippen LogP contribution in [0.2, 0.25) is 0 Å². The van der Waals surface area contributed by atoms with Crippen molar-refractivity contribution < 1.29 is 13.9 Å². The molecule has 3 nitrogen and oxygen atoms in total. The van der Waals surface area contributed by atoms with Crippen molar-refractivity contribution in [1.82, 2.24) is 0 Å². The van der Waals surface area contributed by atoms with Gasteiger partial charge in [-0.2, -0.15) is 0 Å². The van der Waals surface area contributed by atoms with Crippen LogP contribution in [0.3, 0.4) is 0 Å². The highest BCUT2D eigenvalue weighted by Crippen LogP contribution is 2.11. The maximum absolute atomic E-state index is 12.5. The summed E-state index contributed by atoms with van der Waals surface area (Å²) in [5.41, 5.74) is 0. The molecule has 1 aromatic rings. The van der Waals surface area contributed by atoms with Crippen LogP contribution in [0.15, 0.2) is 24.3 Å². The number of benzene rings is 1. The fraction of sp³-hybridized carbons (Fsp3) is 0.300. The summed E-state index contributed by atoms with van der Waals surface area (Å²) in [5.74, 6) is 0.476. The largest absolute Gasteiger partial charge is 0.493 e. The zero-order valence-electron chi connectivity index (χ0n) is 7.92. The van der Waals surface area contributed by atoms with Crippen LogP contribution in [0, 0.1) is 11.2 Å². The third-order valence-electron chi connectivity index (χ3n) is 1.66. The van der Waals surface area contributed by atoms with Crippen LogP contribution in [0.4, 0.5) is 4.39 Å². The minimum Gasteiger partial charge on any atom is -0.493 e. The smallest absolute Gasteiger partial charge is 0.183 e. The summed E-state index contributed by atoms with van der Waals surface area (Å²) in [7, 11) is 1.44. The van der Waals surface area contributed by atoms with E-state index < -0.39 is 0 Å². The highest BCUT2D eigenvalue weighted by Gasteiger charge is 1.97. The third kappa shape index (κ3) is 3.43.